The third kappa shape index (κ3) is 3.83. The molecule has 0 spiro atoms. The zero-order valence-corrected chi connectivity index (χ0v) is 11.9. The van der Waals surface area contributed by atoms with E-state index in [-0.39, 0.29) is 11.8 Å². The third-order valence-corrected chi connectivity index (χ3v) is 3.78. The Morgan fingerprint density at radius 2 is 1.85 bits per heavy atom. The highest BCUT2D eigenvalue weighted by Crippen LogP contribution is 2.24. The van der Waals surface area contributed by atoms with Gasteiger partial charge >= 0.3 is 5.97 Å². The molecule has 1 amide bonds. The average Bonchev–Trinajstić information content (AvgIpc) is 2.76. The molecule has 20 heavy (non-hydrogen) atoms. The summed E-state index contributed by atoms with van der Waals surface area (Å²) in [6, 6.07) is 6.86. The van der Waals surface area contributed by atoms with Crippen LogP contribution in [0.2, 0.25) is 0 Å². The lowest BCUT2D eigenvalue weighted by Gasteiger charge is -2.14. The second kappa shape index (κ2) is 7.08. The number of rotatable bonds is 3. The van der Waals surface area contributed by atoms with Crippen molar-refractivity contribution in [2.75, 3.05) is 12.4 Å². The van der Waals surface area contributed by atoms with Crippen LogP contribution in [0.3, 0.4) is 0 Å². The van der Waals surface area contributed by atoms with Crippen molar-refractivity contribution in [2.24, 2.45) is 5.92 Å². The van der Waals surface area contributed by atoms with Gasteiger partial charge in [0.1, 0.15) is 0 Å². The van der Waals surface area contributed by atoms with Crippen LogP contribution in [0.5, 0.6) is 0 Å². The van der Waals surface area contributed by atoms with E-state index in [4.69, 9.17) is 0 Å². The summed E-state index contributed by atoms with van der Waals surface area (Å²) in [7, 11) is 1.35. The van der Waals surface area contributed by atoms with Crippen LogP contribution in [0, 0.1) is 5.92 Å². The molecular formula is C16H21NO3. The van der Waals surface area contributed by atoms with Gasteiger partial charge in [-0.15, -0.1) is 0 Å². The van der Waals surface area contributed by atoms with E-state index < -0.39 is 5.97 Å². The van der Waals surface area contributed by atoms with Gasteiger partial charge in [-0.3, -0.25) is 4.79 Å². The number of benzene rings is 1. The van der Waals surface area contributed by atoms with Crippen LogP contribution >= 0.6 is 0 Å². The molecule has 0 saturated heterocycles. The topological polar surface area (TPSA) is 55.4 Å². The number of amides is 1. The van der Waals surface area contributed by atoms with Crippen molar-refractivity contribution in [3.05, 3.63) is 29.8 Å². The summed E-state index contributed by atoms with van der Waals surface area (Å²) < 4.78 is 4.68. The molecule has 0 unspecified atom stereocenters. The Morgan fingerprint density at radius 1 is 1.15 bits per heavy atom. The average molecular weight is 275 g/mol. The second-order valence-corrected chi connectivity index (χ2v) is 5.25. The van der Waals surface area contributed by atoms with Gasteiger partial charge in [0.15, 0.2) is 0 Å². The Morgan fingerprint density at radius 3 is 2.50 bits per heavy atom. The minimum Gasteiger partial charge on any atom is -0.465 e. The predicted octanol–water partition coefficient (Wildman–Crippen LogP) is 3.38. The van der Waals surface area contributed by atoms with E-state index >= 15 is 0 Å². The number of hydrogen-bond acceptors (Lipinski definition) is 3. The monoisotopic (exact) mass is 275 g/mol. The highest BCUT2D eigenvalue weighted by Gasteiger charge is 2.20. The Bertz CT molecular complexity index is 476. The van der Waals surface area contributed by atoms with E-state index in [1.807, 2.05) is 0 Å². The molecule has 0 aliphatic heterocycles. The molecule has 4 nitrogen and oxygen atoms in total. The first kappa shape index (κ1) is 14.6. The maximum atomic E-state index is 12.2. The Kier molecular flexibility index (Phi) is 5.16. The van der Waals surface area contributed by atoms with Gasteiger partial charge in [0.25, 0.3) is 0 Å². The van der Waals surface area contributed by atoms with Crippen molar-refractivity contribution < 1.29 is 14.3 Å². The summed E-state index contributed by atoms with van der Waals surface area (Å²) in [6.45, 7) is 0. The molecule has 0 aromatic heterocycles. The molecule has 0 radical (unpaired) electrons. The fraction of sp³-hybridized carbons (Fsp3) is 0.500. The number of carbonyl (C=O) groups excluding carboxylic acids is 2. The first-order valence-corrected chi connectivity index (χ1v) is 7.20. The van der Waals surface area contributed by atoms with Crippen LogP contribution in [-0.4, -0.2) is 19.0 Å². The first-order chi connectivity index (χ1) is 9.70. The van der Waals surface area contributed by atoms with Gasteiger partial charge in [-0.1, -0.05) is 31.7 Å². The van der Waals surface area contributed by atoms with Crippen LogP contribution in [0.15, 0.2) is 24.3 Å². The molecule has 1 N–H and O–H groups in total. The normalized spacial score (nSPS) is 16.2. The van der Waals surface area contributed by atoms with Crippen LogP contribution < -0.4 is 5.32 Å². The highest BCUT2D eigenvalue weighted by molar-refractivity contribution is 5.95. The molecule has 0 atom stereocenters. The molecule has 1 saturated carbocycles. The molecule has 1 aliphatic carbocycles. The molecule has 1 aromatic rings. The third-order valence-electron chi connectivity index (χ3n) is 3.78. The molecule has 4 heteroatoms. The zero-order valence-electron chi connectivity index (χ0n) is 11.9. The Labute approximate surface area is 119 Å². The van der Waals surface area contributed by atoms with Gasteiger partial charge in [0, 0.05) is 11.6 Å². The van der Waals surface area contributed by atoms with Crippen molar-refractivity contribution in [3.63, 3.8) is 0 Å². The maximum absolute atomic E-state index is 12.2. The molecule has 2 rings (SSSR count). The highest BCUT2D eigenvalue weighted by atomic mass is 16.5. The number of anilines is 1. The standard InChI is InChI=1S/C16H21NO3/c1-20-16(19)13-9-6-10-14(11-13)17-15(18)12-7-4-2-3-5-8-12/h6,9-12H,2-5,7-8H2,1H3,(H,17,18). The van der Waals surface area contributed by atoms with Gasteiger partial charge in [-0.2, -0.15) is 0 Å². The zero-order chi connectivity index (χ0) is 14.4. The van der Waals surface area contributed by atoms with Gasteiger partial charge in [-0.25, -0.2) is 4.79 Å². The van der Waals surface area contributed by atoms with E-state index in [0.717, 1.165) is 25.7 Å². The van der Waals surface area contributed by atoms with Crippen LogP contribution in [0.1, 0.15) is 48.9 Å². The summed E-state index contributed by atoms with van der Waals surface area (Å²) >= 11 is 0. The smallest absolute Gasteiger partial charge is 0.337 e. The second-order valence-electron chi connectivity index (χ2n) is 5.25. The fourth-order valence-corrected chi connectivity index (χ4v) is 2.63. The van der Waals surface area contributed by atoms with E-state index in [1.54, 1.807) is 24.3 Å². The lowest BCUT2D eigenvalue weighted by Crippen LogP contribution is -2.22. The fourth-order valence-electron chi connectivity index (χ4n) is 2.63. The van der Waals surface area contributed by atoms with Gasteiger partial charge in [0.2, 0.25) is 5.91 Å². The number of hydrogen-bond donors (Lipinski definition) is 1. The van der Waals surface area contributed by atoms with Crippen molar-refractivity contribution in [1.82, 2.24) is 0 Å². The van der Waals surface area contributed by atoms with E-state index in [1.165, 1.54) is 20.0 Å². The number of methoxy groups -OCH3 is 1. The van der Waals surface area contributed by atoms with E-state index in [9.17, 15) is 9.59 Å². The SMILES string of the molecule is COC(=O)c1cccc(NC(=O)C2CCCCCC2)c1. The molecule has 1 aliphatic rings. The molecule has 0 bridgehead atoms. The number of ether oxygens (including phenoxy) is 1. The summed E-state index contributed by atoms with van der Waals surface area (Å²) in [6.07, 6.45) is 6.62. The number of nitrogens with one attached hydrogen (secondary N) is 1. The van der Waals surface area contributed by atoms with Gasteiger partial charge in [0.05, 0.1) is 12.7 Å². The van der Waals surface area contributed by atoms with Crippen molar-refractivity contribution in [1.29, 1.82) is 0 Å². The van der Waals surface area contributed by atoms with Crippen LogP contribution in [0.25, 0.3) is 0 Å². The Balaban J connectivity index is 2.01. The minimum absolute atomic E-state index is 0.0638. The lowest BCUT2D eigenvalue weighted by atomic mass is 9.99. The quantitative estimate of drug-likeness (QED) is 0.679. The Hall–Kier alpha value is -1.84. The summed E-state index contributed by atoms with van der Waals surface area (Å²) in [4.78, 5) is 23.7. The molecule has 1 fully saturated rings. The number of carbonyl (C=O) groups is 2. The van der Waals surface area contributed by atoms with Crippen molar-refractivity contribution in [3.8, 4) is 0 Å². The maximum Gasteiger partial charge on any atom is 0.337 e. The van der Waals surface area contributed by atoms with E-state index in [0.29, 0.717) is 11.3 Å². The van der Waals surface area contributed by atoms with E-state index in [2.05, 4.69) is 10.1 Å². The molecule has 1 aromatic carbocycles. The van der Waals surface area contributed by atoms with Crippen LogP contribution in [0.4, 0.5) is 5.69 Å². The van der Waals surface area contributed by atoms with Crippen molar-refractivity contribution in [2.45, 2.75) is 38.5 Å². The summed E-state index contributed by atoms with van der Waals surface area (Å²) in [5, 5.41) is 2.91. The molecule has 0 heterocycles. The summed E-state index contributed by atoms with van der Waals surface area (Å²) in [5.41, 5.74) is 1.10. The number of esters is 1. The summed E-state index contributed by atoms with van der Waals surface area (Å²) in [5.74, 6) is -0.233. The lowest BCUT2D eigenvalue weighted by molar-refractivity contribution is -0.120. The van der Waals surface area contributed by atoms with Gasteiger partial charge < -0.3 is 10.1 Å². The molecular weight excluding hydrogens is 254 g/mol. The molecule has 108 valence electrons. The van der Waals surface area contributed by atoms with Crippen molar-refractivity contribution >= 4 is 17.6 Å². The van der Waals surface area contributed by atoms with Gasteiger partial charge in [-0.05, 0) is 31.0 Å². The minimum atomic E-state index is -0.393. The van der Waals surface area contributed by atoms with Crippen LogP contribution in [-0.2, 0) is 9.53 Å². The largest absolute Gasteiger partial charge is 0.465 e. The first-order valence-electron chi connectivity index (χ1n) is 7.20. The predicted molar refractivity (Wildman–Crippen MR) is 77.6 cm³/mol.